The van der Waals surface area contributed by atoms with Gasteiger partial charge in [-0.1, -0.05) is 0 Å². The van der Waals surface area contributed by atoms with Crippen molar-refractivity contribution in [2.24, 2.45) is 0 Å². The normalized spacial score (nSPS) is 9.45. The first-order valence-electron chi connectivity index (χ1n) is 3.75. The minimum atomic E-state index is 0.553. The van der Waals surface area contributed by atoms with Gasteiger partial charge < -0.3 is 4.57 Å². The van der Waals surface area contributed by atoms with Gasteiger partial charge in [0.25, 0.3) is 0 Å². The Bertz CT molecular complexity index is 257. The molecule has 0 fully saturated rings. The molecule has 1 aromatic heterocycles. The molecule has 0 amide bonds. The van der Waals surface area contributed by atoms with Crippen molar-refractivity contribution in [3.8, 4) is 6.07 Å². The molecule has 0 bridgehead atoms. The highest BCUT2D eigenvalue weighted by atomic mass is 15.0. The minimum Gasteiger partial charge on any atom is -0.335 e. The number of nitrogens with zero attached hydrogens (tertiary/aromatic N) is 3. The van der Waals surface area contributed by atoms with Crippen LogP contribution in [0.1, 0.15) is 19.2 Å². The summed E-state index contributed by atoms with van der Waals surface area (Å²) in [6.07, 6.45) is 5.03. The van der Waals surface area contributed by atoms with E-state index in [1.54, 1.807) is 6.20 Å². The molecule has 0 unspecified atom stereocenters. The highest BCUT2D eigenvalue weighted by Crippen LogP contribution is 1.99. The van der Waals surface area contributed by atoms with Gasteiger partial charge in [0.05, 0.1) is 6.07 Å². The molecule has 0 spiro atoms. The highest BCUT2D eigenvalue weighted by molar-refractivity contribution is 4.94. The molecule has 0 saturated carbocycles. The van der Waals surface area contributed by atoms with Crippen molar-refractivity contribution >= 4 is 0 Å². The van der Waals surface area contributed by atoms with E-state index in [2.05, 4.69) is 22.5 Å². The predicted octanol–water partition coefficient (Wildman–Crippen LogP) is 1.36. The Labute approximate surface area is 66.3 Å². The van der Waals surface area contributed by atoms with Crippen LogP contribution >= 0.6 is 0 Å². The van der Waals surface area contributed by atoms with Crippen molar-refractivity contribution in [2.75, 3.05) is 0 Å². The van der Waals surface area contributed by atoms with Gasteiger partial charge >= 0.3 is 0 Å². The van der Waals surface area contributed by atoms with Crippen molar-refractivity contribution in [2.45, 2.75) is 26.3 Å². The summed E-state index contributed by atoms with van der Waals surface area (Å²) in [4.78, 5) is 4.14. The van der Waals surface area contributed by atoms with Gasteiger partial charge in [0, 0.05) is 31.8 Å². The summed E-state index contributed by atoms with van der Waals surface area (Å²) in [6, 6.07) is 2.10. The molecule has 58 valence electrons. The first-order valence-corrected chi connectivity index (χ1v) is 3.75. The van der Waals surface area contributed by atoms with E-state index in [0.717, 1.165) is 18.8 Å². The summed E-state index contributed by atoms with van der Waals surface area (Å²) in [5.74, 6) is 1.01. The second-order valence-electron chi connectivity index (χ2n) is 2.29. The van der Waals surface area contributed by atoms with Crippen LogP contribution in [0.4, 0.5) is 0 Å². The number of aryl methyl sites for hydroxylation is 2. The third kappa shape index (κ3) is 1.81. The summed E-state index contributed by atoms with van der Waals surface area (Å²) in [6.45, 7) is 3.00. The summed E-state index contributed by atoms with van der Waals surface area (Å²) < 4.78 is 2.05. The third-order valence-corrected chi connectivity index (χ3v) is 1.60. The Morgan fingerprint density at radius 1 is 1.73 bits per heavy atom. The Morgan fingerprint density at radius 2 is 2.55 bits per heavy atom. The molecule has 0 aromatic carbocycles. The highest BCUT2D eigenvalue weighted by Gasteiger charge is 1.98. The molecule has 3 heteroatoms. The molecular weight excluding hydrogens is 138 g/mol. The van der Waals surface area contributed by atoms with E-state index in [-0.39, 0.29) is 0 Å². The molecule has 11 heavy (non-hydrogen) atoms. The largest absolute Gasteiger partial charge is 0.335 e. The second-order valence-corrected chi connectivity index (χ2v) is 2.29. The van der Waals surface area contributed by atoms with Gasteiger partial charge in [-0.15, -0.1) is 0 Å². The Balaban J connectivity index is 2.62. The molecule has 0 saturated heterocycles. The second kappa shape index (κ2) is 3.77. The fourth-order valence-electron chi connectivity index (χ4n) is 1.02. The fourth-order valence-corrected chi connectivity index (χ4v) is 1.02. The number of rotatable bonds is 3. The van der Waals surface area contributed by atoms with Crippen molar-refractivity contribution in [1.29, 1.82) is 5.26 Å². The lowest BCUT2D eigenvalue weighted by Gasteiger charge is -2.00. The lowest BCUT2D eigenvalue weighted by molar-refractivity contribution is 0.694. The van der Waals surface area contributed by atoms with Crippen molar-refractivity contribution in [1.82, 2.24) is 9.55 Å². The van der Waals surface area contributed by atoms with Gasteiger partial charge in [-0.25, -0.2) is 4.98 Å². The van der Waals surface area contributed by atoms with E-state index in [4.69, 9.17) is 5.26 Å². The van der Waals surface area contributed by atoms with Crippen molar-refractivity contribution in [3.63, 3.8) is 0 Å². The van der Waals surface area contributed by atoms with E-state index >= 15 is 0 Å². The standard InChI is InChI=1S/C8H11N3/c1-2-11-7-6-10-8(11)4-3-5-9/h6-7H,2-4H2,1H3. The zero-order valence-electron chi connectivity index (χ0n) is 6.62. The number of hydrogen-bond acceptors (Lipinski definition) is 2. The van der Waals surface area contributed by atoms with Crippen LogP contribution in [-0.2, 0) is 13.0 Å². The molecule has 0 aliphatic heterocycles. The molecule has 0 atom stereocenters. The van der Waals surface area contributed by atoms with Crippen LogP contribution in [0.2, 0.25) is 0 Å². The number of imidazole rings is 1. The van der Waals surface area contributed by atoms with Gasteiger partial charge in [0.15, 0.2) is 0 Å². The predicted molar refractivity (Wildman–Crippen MR) is 41.8 cm³/mol. The number of aromatic nitrogens is 2. The van der Waals surface area contributed by atoms with E-state index in [1.807, 2.05) is 6.20 Å². The van der Waals surface area contributed by atoms with Crippen LogP contribution in [0.15, 0.2) is 12.4 Å². The van der Waals surface area contributed by atoms with Gasteiger partial charge in [-0.2, -0.15) is 5.26 Å². The average molecular weight is 149 g/mol. The maximum absolute atomic E-state index is 8.34. The molecule has 0 aliphatic rings. The van der Waals surface area contributed by atoms with Crippen LogP contribution in [0.5, 0.6) is 0 Å². The van der Waals surface area contributed by atoms with Gasteiger partial charge in [-0.05, 0) is 6.92 Å². The molecule has 0 aliphatic carbocycles. The Kier molecular flexibility index (Phi) is 2.67. The summed E-state index contributed by atoms with van der Waals surface area (Å²) in [7, 11) is 0. The average Bonchev–Trinajstić information content (AvgIpc) is 2.47. The lowest BCUT2D eigenvalue weighted by atomic mass is 10.3. The van der Waals surface area contributed by atoms with Crippen LogP contribution in [0.25, 0.3) is 0 Å². The Morgan fingerprint density at radius 3 is 3.18 bits per heavy atom. The first kappa shape index (κ1) is 7.80. The summed E-state index contributed by atoms with van der Waals surface area (Å²) in [5, 5.41) is 8.34. The lowest BCUT2D eigenvalue weighted by Crippen LogP contribution is -1.99. The molecule has 1 rings (SSSR count). The topological polar surface area (TPSA) is 41.6 Å². The maximum Gasteiger partial charge on any atom is 0.109 e. The number of nitriles is 1. The molecular formula is C8H11N3. The molecule has 0 radical (unpaired) electrons. The zero-order valence-corrected chi connectivity index (χ0v) is 6.62. The van der Waals surface area contributed by atoms with E-state index in [1.165, 1.54) is 0 Å². The summed E-state index contributed by atoms with van der Waals surface area (Å²) in [5.41, 5.74) is 0. The van der Waals surface area contributed by atoms with Crippen LogP contribution in [0.3, 0.4) is 0 Å². The summed E-state index contributed by atoms with van der Waals surface area (Å²) >= 11 is 0. The first-order chi connectivity index (χ1) is 5.38. The molecule has 0 N–H and O–H groups in total. The van der Waals surface area contributed by atoms with Crippen LogP contribution in [0, 0.1) is 11.3 Å². The van der Waals surface area contributed by atoms with Gasteiger partial charge in [-0.3, -0.25) is 0 Å². The molecule has 1 heterocycles. The SMILES string of the molecule is CCn1ccnc1CCC#N. The van der Waals surface area contributed by atoms with Crippen molar-refractivity contribution < 1.29 is 0 Å². The van der Waals surface area contributed by atoms with Gasteiger partial charge in [0.2, 0.25) is 0 Å². The third-order valence-electron chi connectivity index (χ3n) is 1.60. The maximum atomic E-state index is 8.34. The quantitative estimate of drug-likeness (QED) is 0.651. The molecule has 3 nitrogen and oxygen atoms in total. The number of hydrogen-bond donors (Lipinski definition) is 0. The monoisotopic (exact) mass is 149 g/mol. The van der Waals surface area contributed by atoms with E-state index in [0.29, 0.717) is 6.42 Å². The van der Waals surface area contributed by atoms with E-state index < -0.39 is 0 Å². The van der Waals surface area contributed by atoms with E-state index in [9.17, 15) is 0 Å². The smallest absolute Gasteiger partial charge is 0.109 e. The fraction of sp³-hybridized carbons (Fsp3) is 0.500. The van der Waals surface area contributed by atoms with Crippen LogP contribution < -0.4 is 0 Å². The zero-order chi connectivity index (χ0) is 8.10. The van der Waals surface area contributed by atoms with Gasteiger partial charge in [0.1, 0.15) is 5.82 Å². The minimum absolute atomic E-state index is 0.553. The van der Waals surface area contributed by atoms with Crippen LogP contribution in [-0.4, -0.2) is 9.55 Å². The molecule has 1 aromatic rings. The Hall–Kier alpha value is -1.30. The van der Waals surface area contributed by atoms with Crippen molar-refractivity contribution in [3.05, 3.63) is 18.2 Å².